The van der Waals surface area contributed by atoms with Crippen LogP contribution in [0, 0.1) is 0 Å². The van der Waals surface area contributed by atoms with Gasteiger partial charge in [0.05, 0.1) is 11.8 Å². The van der Waals surface area contributed by atoms with Gasteiger partial charge in [-0.1, -0.05) is 17.3 Å². The number of nitrogens with two attached hydrogens (primary N) is 1. The summed E-state index contributed by atoms with van der Waals surface area (Å²) in [5, 5.41) is 9.85. The average molecular weight is 204 g/mol. The molecule has 1 heterocycles. The van der Waals surface area contributed by atoms with Crippen LogP contribution in [0.25, 0.3) is 0 Å². The van der Waals surface area contributed by atoms with Crippen LogP contribution in [-0.4, -0.2) is 26.4 Å². The molecule has 1 aromatic rings. The van der Waals surface area contributed by atoms with Crippen molar-refractivity contribution in [3.63, 3.8) is 0 Å². The van der Waals surface area contributed by atoms with E-state index in [9.17, 15) is 5.11 Å². The maximum absolute atomic E-state index is 9.85. The third kappa shape index (κ3) is 1.71. The van der Waals surface area contributed by atoms with Crippen LogP contribution in [0.5, 0.6) is 0 Å². The second-order valence-corrected chi connectivity index (χ2v) is 4.62. The van der Waals surface area contributed by atoms with Gasteiger partial charge in [0.2, 0.25) is 0 Å². The topological polar surface area (TPSA) is 59.1 Å². The first-order valence-corrected chi connectivity index (χ1v) is 5.51. The Labute approximate surface area is 91.8 Å². The monoisotopic (exact) mass is 204 g/mol. The lowest BCUT2D eigenvalue weighted by atomic mass is 10.0. The zero-order valence-corrected chi connectivity index (χ0v) is 9.08. The smallest absolute Gasteiger partial charge is 0.126 e. The van der Waals surface area contributed by atoms with Crippen molar-refractivity contribution in [2.24, 2.45) is 5.73 Å². The molecule has 1 aliphatic rings. The summed E-state index contributed by atoms with van der Waals surface area (Å²) in [6, 6.07) is 3.80. The molecule has 3 atom stereocenters. The lowest BCUT2D eigenvalue weighted by Gasteiger charge is -2.18. The van der Waals surface area contributed by atoms with Crippen LogP contribution in [0.1, 0.15) is 36.2 Å². The van der Waals surface area contributed by atoms with Gasteiger partial charge in [0.25, 0.3) is 0 Å². The van der Waals surface area contributed by atoms with Gasteiger partial charge in [-0.3, -0.25) is 4.98 Å². The summed E-state index contributed by atoms with van der Waals surface area (Å²) in [5.41, 5.74) is 7.82. The molecular weight excluding hydrogens is 191 g/mol. The summed E-state index contributed by atoms with van der Waals surface area (Å²) in [7, 11) is 0. The minimum absolute atomic E-state index is 0.0270. The highest BCUT2D eigenvalue weighted by Crippen LogP contribution is 2.36. The maximum atomic E-state index is 9.85. The third-order valence-corrected chi connectivity index (χ3v) is 3.53. The second kappa shape index (κ2) is 4.00. The molecule has 0 aliphatic heterocycles. The van der Waals surface area contributed by atoms with E-state index in [1.54, 1.807) is 6.20 Å². The molecule has 0 bridgehead atoms. The summed E-state index contributed by atoms with van der Waals surface area (Å²) in [6.45, 7) is 0. The van der Waals surface area contributed by atoms with Crippen molar-refractivity contribution in [3.05, 3.63) is 29.6 Å². The summed E-state index contributed by atoms with van der Waals surface area (Å²) >= 11 is 2.75. The molecule has 1 unspecified atom stereocenters. The number of aliphatic hydroxyl groups is 1. The number of aromatic nitrogens is 1. The SMILES string of the molecule is NC1c2cccnc2[C@H](O)CC[C@H]1[Al]. The predicted molar refractivity (Wildman–Crippen MR) is 54.9 cm³/mol. The van der Waals surface area contributed by atoms with Crippen molar-refractivity contribution >= 4 is 16.3 Å². The summed E-state index contributed by atoms with van der Waals surface area (Å²) in [6.07, 6.45) is 2.91. The van der Waals surface area contributed by atoms with E-state index in [2.05, 4.69) is 21.3 Å². The molecule has 2 rings (SSSR count). The molecule has 0 aromatic carbocycles. The molecule has 2 radical (unpaired) electrons. The van der Waals surface area contributed by atoms with Gasteiger partial charge in [0, 0.05) is 12.2 Å². The van der Waals surface area contributed by atoms with Crippen molar-refractivity contribution in [2.75, 3.05) is 0 Å². The molecule has 0 fully saturated rings. The van der Waals surface area contributed by atoms with Crippen molar-refractivity contribution in [1.82, 2.24) is 4.98 Å². The molecule has 0 saturated heterocycles. The minimum atomic E-state index is -0.456. The Hall–Kier alpha value is -0.398. The van der Waals surface area contributed by atoms with E-state index in [1.165, 1.54) is 0 Å². The van der Waals surface area contributed by atoms with Gasteiger partial charge in [-0.25, -0.2) is 0 Å². The van der Waals surface area contributed by atoms with E-state index in [-0.39, 0.29) is 6.04 Å². The quantitative estimate of drug-likeness (QED) is 0.487. The summed E-state index contributed by atoms with van der Waals surface area (Å²) in [4.78, 5) is 4.21. The summed E-state index contributed by atoms with van der Waals surface area (Å²) in [5.74, 6) is 0. The molecule has 14 heavy (non-hydrogen) atoms. The van der Waals surface area contributed by atoms with E-state index < -0.39 is 6.10 Å². The predicted octanol–water partition coefficient (Wildman–Crippen LogP) is 0.866. The number of hydrogen-bond donors (Lipinski definition) is 2. The standard InChI is InChI=1S/C10H13N2O.Al/c11-8-4-1-5-9(13)10-7(8)3-2-6-12-10;/h2-4,6,8-9,13H,1,5,11H2;/t8?,9-;/m1./s1. The van der Waals surface area contributed by atoms with Gasteiger partial charge >= 0.3 is 0 Å². The highest BCUT2D eigenvalue weighted by atomic mass is 27.0. The van der Waals surface area contributed by atoms with E-state index in [0.29, 0.717) is 4.78 Å². The van der Waals surface area contributed by atoms with Crippen LogP contribution < -0.4 is 5.73 Å². The zero-order chi connectivity index (χ0) is 10.1. The normalized spacial score (nSPS) is 32.0. The maximum Gasteiger partial charge on any atom is 0.126 e. The Morgan fingerprint density at radius 1 is 1.50 bits per heavy atom. The van der Waals surface area contributed by atoms with Gasteiger partial charge in [-0.15, -0.1) is 0 Å². The number of fused-ring (bicyclic) bond motifs is 1. The van der Waals surface area contributed by atoms with Crippen molar-refractivity contribution in [2.45, 2.75) is 29.8 Å². The first-order chi connectivity index (χ1) is 6.70. The minimum Gasteiger partial charge on any atom is -0.387 e. The van der Waals surface area contributed by atoms with Crippen molar-refractivity contribution < 1.29 is 5.11 Å². The van der Waals surface area contributed by atoms with Crippen LogP contribution in [0.3, 0.4) is 0 Å². The van der Waals surface area contributed by atoms with Crippen molar-refractivity contribution in [1.29, 1.82) is 0 Å². The lowest BCUT2D eigenvalue weighted by Crippen LogP contribution is -2.17. The van der Waals surface area contributed by atoms with Gasteiger partial charge in [0.1, 0.15) is 16.3 Å². The van der Waals surface area contributed by atoms with Crippen LogP contribution in [-0.2, 0) is 0 Å². The fourth-order valence-electron chi connectivity index (χ4n) is 1.89. The third-order valence-electron chi connectivity index (χ3n) is 2.78. The van der Waals surface area contributed by atoms with Gasteiger partial charge in [0.15, 0.2) is 0 Å². The van der Waals surface area contributed by atoms with E-state index in [1.807, 2.05) is 12.1 Å². The Kier molecular flexibility index (Phi) is 2.89. The Morgan fingerprint density at radius 3 is 3.07 bits per heavy atom. The number of pyridine rings is 1. The zero-order valence-electron chi connectivity index (χ0n) is 7.93. The average Bonchev–Trinajstić information content (AvgIpc) is 2.33. The highest BCUT2D eigenvalue weighted by molar-refractivity contribution is 6.12. The van der Waals surface area contributed by atoms with Crippen LogP contribution in [0.4, 0.5) is 0 Å². The first kappa shape index (κ1) is 10.1. The molecule has 1 aliphatic carbocycles. The number of nitrogens with zero attached hydrogens (tertiary/aromatic N) is 1. The van der Waals surface area contributed by atoms with E-state index >= 15 is 0 Å². The number of aliphatic hydroxyl groups excluding tert-OH is 1. The fourth-order valence-corrected chi connectivity index (χ4v) is 2.29. The Bertz CT molecular complexity index is 332. The molecule has 3 nitrogen and oxygen atoms in total. The van der Waals surface area contributed by atoms with E-state index in [0.717, 1.165) is 24.1 Å². The number of hydrogen-bond acceptors (Lipinski definition) is 3. The summed E-state index contributed by atoms with van der Waals surface area (Å²) < 4.78 is 0.329. The molecule has 0 amide bonds. The molecule has 3 N–H and O–H groups in total. The van der Waals surface area contributed by atoms with Crippen LogP contribution >= 0.6 is 0 Å². The fraction of sp³-hybridized carbons (Fsp3) is 0.500. The van der Waals surface area contributed by atoms with Gasteiger partial charge in [-0.2, -0.15) is 0 Å². The second-order valence-electron chi connectivity index (χ2n) is 3.76. The Balaban J connectivity index is 2.46. The first-order valence-electron chi connectivity index (χ1n) is 4.84. The highest BCUT2D eigenvalue weighted by Gasteiger charge is 2.25. The van der Waals surface area contributed by atoms with Crippen LogP contribution in [0.2, 0.25) is 4.78 Å². The van der Waals surface area contributed by atoms with Crippen LogP contribution in [0.15, 0.2) is 18.3 Å². The van der Waals surface area contributed by atoms with E-state index in [4.69, 9.17) is 5.73 Å². The van der Waals surface area contributed by atoms with Gasteiger partial charge in [-0.05, 0) is 18.1 Å². The van der Waals surface area contributed by atoms with Gasteiger partial charge < -0.3 is 10.8 Å². The molecule has 0 saturated carbocycles. The Morgan fingerprint density at radius 2 is 2.29 bits per heavy atom. The van der Waals surface area contributed by atoms with Crippen molar-refractivity contribution in [3.8, 4) is 0 Å². The molecule has 72 valence electrons. The largest absolute Gasteiger partial charge is 0.387 e. The molecule has 0 spiro atoms. The number of rotatable bonds is 0. The molecule has 4 heteroatoms. The lowest BCUT2D eigenvalue weighted by molar-refractivity contribution is 0.162. The molecular formula is C10H13AlN2O. The molecule has 1 aromatic heterocycles.